The van der Waals surface area contributed by atoms with Crippen LogP contribution in [0.3, 0.4) is 0 Å². The van der Waals surface area contributed by atoms with E-state index in [2.05, 4.69) is 0 Å². The number of rotatable bonds is 3. The summed E-state index contributed by atoms with van der Waals surface area (Å²) < 4.78 is 37.6. The lowest BCUT2D eigenvalue weighted by atomic mass is 9.99. The lowest BCUT2D eigenvalue weighted by Crippen LogP contribution is -2.19. The first kappa shape index (κ1) is 12.1. The van der Waals surface area contributed by atoms with Crippen LogP contribution in [0.2, 0.25) is 0 Å². The Kier molecular flexibility index (Phi) is 3.19. The van der Waals surface area contributed by atoms with Crippen molar-refractivity contribution in [3.8, 4) is 11.5 Å². The van der Waals surface area contributed by atoms with Gasteiger partial charge in [0, 0.05) is 12.5 Å². The number of hydrogen-bond donors (Lipinski definition) is 1. The monoisotopic (exact) mass is 243 g/mol. The number of benzene rings is 1. The van der Waals surface area contributed by atoms with E-state index in [9.17, 15) is 8.78 Å². The summed E-state index contributed by atoms with van der Waals surface area (Å²) in [6, 6.07) is 2.97. The Morgan fingerprint density at radius 2 is 1.82 bits per heavy atom. The van der Waals surface area contributed by atoms with E-state index in [1.165, 1.54) is 6.07 Å². The number of nitrogens with two attached hydrogens (primary N) is 1. The summed E-state index contributed by atoms with van der Waals surface area (Å²) in [6.07, 6.45) is 0.398. The maximum atomic E-state index is 13.5. The molecule has 0 bridgehead atoms. The van der Waals surface area contributed by atoms with Crippen molar-refractivity contribution in [3.05, 3.63) is 23.3 Å². The summed E-state index contributed by atoms with van der Waals surface area (Å²) in [4.78, 5) is 0. The van der Waals surface area contributed by atoms with E-state index in [0.717, 1.165) is 6.92 Å². The number of hydrogen-bond acceptors (Lipinski definition) is 3. The second-order valence-corrected chi connectivity index (χ2v) is 4.08. The van der Waals surface area contributed by atoms with Crippen LogP contribution in [-0.4, -0.2) is 19.8 Å². The summed E-state index contributed by atoms with van der Waals surface area (Å²) in [6.45, 7) is 2.02. The molecule has 17 heavy (non-hydrogen) atoms. The van der Waals surface area contributed by atoms with Gasteiger partial charge in [0.2, 0.25) is 0 Å². The second-order valence-electron chi connectivity index (χ2n) is 4.08. The largest absolute Gasteiger partial charge is 0.486 e. The predicted octanol–water partition coefficient (Wildman–Crippen LogP) is 2.07. The van der Waals surface area contributed by atoms with Gasteiger partial charge in [0.15, 0.2) is 11.5 Å². The molecule has 0 saturated heterocycles. The van der Waals surface area contributed by atoms with Gasteiger partial charge in [0.05, 0.1) is 0 Å². The third kappa shape index (κ3) is 2.49. The second kappa shape index (κ2) is 4.49. The van der Waals surface area contributed by atoms with E-state index in [1.54, 1.807) is 6.07 Å². The fourth-order valence-corrected chi connectivity index (χ4v) is 1.90. The SMILES string of the molecule is CC(F)(F)c1cc2c(cc1CCN)OCCO2. The van der Waals surface area contributed by atoms with Crippen LogP contribution in [0.25, 0.3) is 0 Å². The van der Waals surface area contributed by atoms with Crippen LogP contribution in [0.4, 0.5) is 8.78 Å². The molecule has 0 saturated carbocycles. The minimum atomic E-state index is -2.90. The normalized spacial score (nSPS) is 14.8. The molecule has 0 unspecified atom stereocenters. The first-order valence-corrected chi connectivity index (χ1v) is 5.53. The van der Waals surface area contributed by atoms with Crippen LogP contribution in [0.1, 0.15) is 18.1 Å². The minimum Gasteiger partial charge on any atom is -0.486 e. The third-order valence-electron chi connectivity index (χ3n) is 2.65. The van der Waals surface area contributed by atoms with Crippen molar-refractivity contribution in [1.29, 1.82) is 0 Å². The molecule has 0 spiro atoms. The van der Waals surface area contributed by atoms with E-state index < -0.39 is 5.92 Å². The molecule has 0 atom stereocenters. The molecule has 3 nitrogen and oxygen atoms in total. The standard InChI is InChI=1S/C12H15F2NO2/c1-12(13,14)9-7-11-10(16-4-5-17-11)6-8(9)2-3-15/h6-7H,2-5,15H2,1H3. The molecule has 1 heterocycles. The number of halogens is 2. The Balaban J connectivity index is 2.48. The molecule has 5 heteroatoms. The van der Waals surface area contributed by atoms with Crippen LogP contribution >= 0.6 is 0 Å². The van der Waals surface area contributed by atoms with Crippen molar-refractivity contribution in [2.75, 3.05) is 19.8 Å². The van der Waals surface area contributed by atoms with E-state index in [4.69, 9.17) is 15.2 Å². The van der Waals surface area contributed by atoms with Crippen molar-refractivity contribution in [2.24, 2.45) is 5.73 Å². The summed E-state index contributed by atoms with van der Waals surface area (Å²) in [5.41, 5.74) is 5.91. The molecule has 0 aromatic heterocycles. The first-order valence-electron chi connectivity index (χ1n) is 5.53. The van der Waals surface area contributed by atoms with E-state index >= 15 is 0 Å². The Morgan fingerprint density at radius 3 is 2.35 bits per heavy atom. The van der Waals surface area contributed by atoms with E-state index in [0.29, 0.717) is 43.2 Å². The van der Waals surface area contributed by atoms with Crippen molar-refractivity contribution in [2.45, 2.75) is 19.3 Å². The highest BCUT2D eigenvalue weighted by molar-refractivity contribution is 5.49. The molecule has 0 fully saturated rings. The molecule has 2 rings (SSSR count). The molecule has 1 aliphatic rings. The van der Waals surface area contributed by atoms with Crippen LogP contribution < -0.4 is 15.2 Å². The van der Waals surface area contributed by atoms with E-state index in [-0.39, 0.29) is 5.56 Å². The summed E-state index contributed by atoms with van der Waals surface area (Å²) in [7, 11) is 0. The lowest BCUT2D eigenvalue weighted by molar-refractivity contribution is 0.0160. The average molecular weight is 243 g/mol. The molecule has 0 radical (unpaired) electrons. The van der Waals surface area contributed by atoms with Crippen LogP contribution in [0.5, 0.6) is 11.5 Å². The topological polar surface area (TPSA) is 44.5 Å². The molecule has 0 amide bonds. The molecular formula is C12H15F2NO2. The molecule has 0 aliphatic carbocycles. The van der Waals surface area contributed by atoms with Gasteiger partial charge in [-0.1, -0.05) is 0 Å². The number of ether oxygens (including phenoxy) is 2. The quantitative estimate of drug-likeness (QED) is 0.883. The van der Waals surface area contributed by atoms with Gasteiger partial charge in [0.25, 0.3) is 5.92 Å². The van der Waals surface area contributed by atoms with Crippen molar-refractivity contribution in [3.63, 3.8) is 0 Å². The Bertz CT molecular complexity index is 416. The van der Waals surface area contributed by atoms with Gasteiger partial charge in [-0.3, -0.25) is 0 Å². The van der Waals surface area contributed by atoms with Crippen LogP contribution in [0.15, 0.2) is 12.1 Å². The summed E-state index contributed by atoms with van der Waals surface area (Å²) >= 11 is 0. The lowest BCUT2D eigenvalue weighted by Gasteiger charge is -2.23. The molecular weight excluding hydrogens is 228 g/mol. The van der Waals surface area contributed by atoms with Gasteiger partial charge in [-0.2, -0.15) is 0 Å². The highest BCUT2D eigenvalue weighted by Crippen LogP contribution is 2.39. The Labute approximate surface area is 98.5 Å². The zero-order valence-corrected chi connectivity index (χ0v) is 9.63. The van der Waals surface area contributed by atoms with Crippen LogP contribution in [0, 0.1) is 0 Å². The number of alkyl halides is 2. The smallest absolute Gasteiger partial charge is 0.270 e. The van der Waals surface area contributed by atoms with Crippen molar-refractivity contribution in [1.82, 2.24) is 0 Å². The predicted molar refractivity (Wildman–Crippen MR) is 59.8 cm³/mol. The first-order chi connectivity index (χ1) is 8.02. The van der Waals surface area contributed by atoms with Gasteiger partial charge in [-0.25, -0.2) is 8.78 Å². The van der Waals surface area contributed by atoms with Crippen molar-refractivity contribution < 1.29 is 18.3 Å². The maximum absolute atomic E-state index is 13.5. The Morgan fingerprint density at radius 1 is 1.24 bits per heavy atom. The fourth-order valence-electron chi connectivity index (χ4n) is 1.90. The van der Waals surface area contributed by atoms with Gasteiger partial charge >= 0.3 is 0 Å². The van der Waals surface area contributed by atoms with Gasteiger partial charge in [-0.15, -0.1) is 0 Å². The molecule has 1 aromatic rings. The average Bonchev–Trinajstić information content (AvgIpc) is 2.27. The Hall–Kier alpha value is -1.36. The highest BCUT2D eigenvalue weighted by atomic mass is 19.3. The van der Waals surface area contributed by atoms with Gasteiger partial charge in [-0.05, 0) is 30.7 Å². The van der Waals surface area contributed by atoms with Crippen LogP contribution in [-0.2, 0) is 12.3 Å². The van der Waals surface area contributed by atoms with Gasteiger partial charge < -0.3 is 15.2 Å². The molecule has 2 N–H and O–H groups in total. The van der Waals surface area contributed by atoms with Gasteiger partial charge in [0.1, 0.15) is 13.2 Å². The molecule has 1 aromatic carbocycles. The summed E-state index contributed by atoms with van der Waals surface area (Å²) in [5, 5.41) is 0. The zero-order valence-electron chi connectivity index (χ0n) is 9.63. The summed E-state index contributed by atoms with van der Waals surface area (Å²) in [5.74, 6) is -2.00. The molecule has 94 valence electrons. The minimum absolute atomic E-state index is 0.0350. The number of fused-ring (bicyclic) bond motifs is 1. The maximum Gasteiger partial charge on any atom is 0.270 e. The fraction of sp³-hybridized carbons (Fsp3) is 0.500. The zero-order chi connectivity index (χ0) is 12.5. The highest BCUT2D eigenvalue weighted by Gasteiger charge is 2.30. The van der Waals surface area contributed by atoms with Crippen molar-refractivity contribution >= 4 is 0 Å². The molecule has 1 aliphatic heterocycles. The van der Waals surface area contributed by atoms with E-state index in [1.807, 2.05) is 0 Å². The third-order valence-corrected chi connectivity index (χ3v) is 2.65.